The van der Waals surface area contributed by atoms with Crippen LogP contribution in [-0.2, 0) is 4.74 Å². The predicted molar refractivity (Wildman–Crippen MR) is 146 cm³/mol. The van der Waals surface area contributed by atoms with E-state index < -0.39 is 18.8 Å². The number of carbonyl (C=O) groups is 1. The molecule has 3 fully saturated rings. The highest BCUT2D eigenvalue weighted by Crippen LogP contribution is 2.37. The Morgan fingerprint density at radius 1 is 1.13 bits per heavy atom. The highest BCUT2D eigenvalue weighted by Gasteiger charge is 2.38. The van der Waals surface area contributed by atoms with E-state index in [-0.39, 0.29) is 22.3 Å². The monoisotopic (exact) mass is 657 g/mol. The van der Waals surface area contributed by atoms with Gasteiger partial charge in [0.25, 0.3) is 0 Å². The number of nitrogens with one attached hydrogen (secondary N) is 1. The zero-order chi connectivity index (χ0) is 27.3. The first-order valence-corrected chi connectivity index (χ1v) is 14.1. The van der Waals surface area contributed by atoms with Gasteiger partial charge in [-0.3, -0.25) is 10.2 Å². The van der Waals surface area contributed by atoms with Crippen molar-refractivity contribution in [2.45, 2.75) is 54.2 Å². The number of amides is 1. The summed E-state index contributed by atoms with van der Waals surface area (Å²) in [5, 5.41) is 16.8. The number of piperidine rings is 1. The molecule has 14 heteroatoms. The van der Waals surface area contributed by atoms with Crippen LogP contribution in [0.2, 0.25) is 0 Å². The number of benzene rings is 1. The maximum absolute atomic E-state index is 13.0. The summed E-state index contributed by atoms with van der Waals surface area (Å²) in [6.07, 6.45) is -0.284. The van der Waals surface area contributed by atoms with Crippen LogP contribution in [0.25, 0.3) is 22.4 Å². The van der Waals surface area contributed by atoms with Gasteiger partial charge in [0.05, 0.1) is 40.4 Å². The van der Waals surface area contributed by atoms with Crippen LogP contribution < -0.4 is 10.2 Å². The highest BCUT2D eigenvalue weighted by atomic mass is 127. The topological polar surface area (TPSA) is 109 Å². The minimum atomic E-state index is -4.24. The Labute approximate surface area is 235 Å². The molecule has 2 aromatic heterocycles. The van der Waals surface area contributed by atoms with Gasteiger partial charge >= 0.3 is 12.3 Å². The first-order chi connectivity index (χ1) is 18.6. The second-order valence-electron chi connectivity index (χ2n) is 10.3. The van der Waals surface area contributed by atoms with Crippen molar-refractivity contribution in [3.63, 3.8) is 0 Å². The van der Waals surface area contributed by atoms with Crippen molar-refractivity contribution in [2.24, 2.45) is 0 Å². The van der Waals surface area contributed by atoms with Crippen LogP contribution >= 0.6 is 22.6 Å². The Kier molecular flexibility index (Phi) is 7.03. The third-order valence-electron chi connectivity index (χ3n) is 7.51. The zero-order valence-corrected chi connectivity index (χ0v) is 23.0. The van der Waals surface area contributed by atoms with E-state index in [2.05, 4.69) is 37.9 Å². The lowest BCUT2D eigenvalue weighted by molar-refractivity contribution is -0.149. The number of hydrogen-bond acceptors (Lipinski definition) is 7. The summed E-state index contributed by atoms with van der Waals surface area (Å²) in [6.45, 7) is 0.811. The quantitative estimate of drug-likeness (QED) is 0.227. The minimum Gasteiger partial charge on any atom is -0.465 e. The van der Waals surface area contributed by atoms with Crippen LogP contribution in [0.4, 0.5) is 29.5 Å². The first kappa shape index (κ1) is 26.5. The number of carboxylic acid groups (broad SMARTS) is 1. The molecular formula is C25H27F3IN7O3. The number of anilines is 2. The fourth-order valence-electron chi connectivity index (χ4n) is 5.74. The van der Waals surface area contributed by atoms with Gasteiger partial charge < -0.3 is 14.7 Å². The molecule has 1 aromatic carbocycles. The molecule has 4 atom stereocenters. The van der Waals surface area contributed by atoms with E-state index in [9.17, 15) is 18.0 Å². The molecule has 3 aliphatic rings. The highest BCUT2D eigenvalue weighted by molar-refractivity contribution is 14.1. The SMILES string of the molecule is O=C(O)Nc1ccc(-c2nc(N3CC4CCC(C3)O4)c3cnn(C4CCN(CC(F)(F)F)C(I)C4)c3n2)cc1. The van der Waals surface area contributed by atoms with Gasteiger partial charge in [-0.25, -0.2) is 19.4 Å². The normalized spacial score (nSPS) is 25.8. The number of hydrogen-bond donors (Lipinski definition) is 2. The molecule has 5 heterocycles. The fraction of sp³-hybridized carbons (Fsp3) is 0.520. The molecule has 1 amide bonds. The third-order valence-corrected chi connectivity index (χ3v) is 8.81. The molecule has 10 nitrogen and oxygen atoms in total. The Morgan fingerprint density at radius 2 is 1.85 bits per heavy atom. The van der Waals surface area contributed by atoms with Crippen LogP contribution in [0.3, 0.4) is 0 Å². The van der Waals surface area contributed by atoms with Gasteiger partial charge in [0.2, 0.25) is 0 Å². The van der Waals surface area contributed by atoms with Crippen LogP contribution in [0.15, 0.2) is 30.5 Å². The summed E-state index contributed by atoms with van der Waals surface area (Å²) in [4.78, 5) is 24.5. The summed E-state index contributed by atoms with van der Waals surface area (Å²) in [5.74, 6) is 1.23. The average molecular weight is 657 g/mol. The molecule has 4 unspecified atom stereocenters. The zero-order valence-electron chi connectivity index (χ0n) is 20.8. The van der Waals surface area contributed by atoms with Crippen molar-refractivity contribution < 1.29 is 27.8 Å². The van der Waals surface area contributed by atoms with Crippen molar-refractivity contribution in [1.29, 1.82) is 0 Å². The van der Waals surface area contributed by atoms with E-state index in [1.54, 1.807) is 30.5 Å². The Bertz CT molecular complexity index is 1360. The van der Waals surface area contributed by atoms with Gasteiger partial charge in [-0.1, -0.05) is 22.6 Å². The third kappa shape index (κ3) is 5.63. The molecule has 0 radical (unpaired) electrons. The second kappa shape index (κ2) is 10.4. The molecular weight excluding hydrogens is 630 g/mol. The van der Waals surface area contributed by atoms with Crippen LogP contribution in [0, 0.1) is 0 Å². The lowest BCUT2D eigenvalue weighted by Crippen LogP contribution is -2.44. The maximum atomic E-state index is 13.0. The maximum Gasteiger partial charge on any atom is 0.409 e. The molecule has 6 rings (SSSR count). The molecule has 2 N–H and O–H groups in total. The van der Waals surface area contributed by atoms with Gasteiger partial charge in [-0.2, -0.15) is 18.3 Å². The van der Waals surface area contributed by atoms with Gasteiger partial charge in [0.15, 0.2) is 11.5 Å². The van der Waals surface area contributed by atoms with E-state index in [1.165, 1.54) is 4.90 Å². The fourth-order valence-corrected chi connectivity index (χ4v) is 6.80. The number of alkyl halides is 4. The largest absolute Gasteiger partial charge is 0.465 e. The van der Waals surface area contributed by atoms with Crippen molar-refractivity contribution in [1.82, 2.24) is 24.6 Å². The number of rotatable bonds is 5. The molecule has 3 aromatic rings. The Morgan fingerprint density at radius 3 is 2.49 bits per heavy atom. The molecule has 0 spiro atoms. The molecule has 3 aliphatic heterocycles. The summed E-state index contributed by atoms with van der Waals surface area (Å²) >= 11 is 2.09. The van der Waals surface area contributed by atoms with E-state index in [4.69, 9.17) is 19.8 Å². The first-order valence-electron chi connectivity index (χ1n) is 12.8. The summed E-state index contributed by atoms with van der Waals surface area (Å²) in [6, 6.07) is 6.72. The summed E-state index contributed by atoms with van der Waals surface area (Å²) in [5.41, 5.74) is 1.78. The molecule has 208 valence electrons. The molecule has 3 saturated heterocycles. The van der Waals surface area contributed by atoms with Gasteiger partial charge in [-0.05, 0) is 49.9 Å². The van der Waals surface area contributed by atoms with E-state index in [0.29, 0.717) is 55.2 Å². The Hall–Kier alpha value is -2.72. The summed E-state index contributed by atoms with van der Waals surface area (Å²) in [7, 11) is 0. The number of fused-ring (bicyclic) bond motifs is 3. The molecule has 0 saturated carbocycles. The van der Waals surface area contributed by atoms with E-state index in [0.717, 1.165) is 24.0 Å². The van der Waals surface area contributed by atoms with Crippen molar-refractivity contribution in [2.75, 3.05) is 36.4 Å². The molecule has 39 heavy (non-hydrogen) atoms. The van der Waals surface area contributed by atoms with Crippen LogP contribution in [-0.4, -0.2) is 84.5 Å². The second-order valence-corrected chi connectivity index (χ2v) is 11.7. The predicted octanol–water partition coefficient (Wildman–Crippen LogP) is 4.91. The molecule has 0 aliphatic carbocycles. The summed E-state index contributed by atoms with van der Waals surface area (Å²) < 4.78 is 46.7. The minimum absolute atomic E-state index is 0.104. The Balaban J connectivity index is 1.36. The van der Waals surface area contributed by atoms with Crippen molar-refractivity contribution in [3.8, 4) is 11.4 Å². The number of halogens is 4. The standard InChI is InChI=1S/C25H27F3IN7O3/c26-25(27,28)13-34-8-7-16(9-20(34)29)36-23-19(10-30-36)22(35-11-17-5-6-18(12-35)39-17)32-21(33-23)14-1-3-15(4-2-14)31-24(37)38/h1-4,10,16-18,20,31H,5-9,11-13H2,(H,37,38). The van der Waals surface area contributed by atoms with Crippen molar-refractivity contribution in [3.05, 3.63) is 30.5 Å². The van der Waals surface area contributed by atoms with E-state index in [1.807, 2.05) is 4.68 Å². The average Bonchev–Trinajstić information content (AvgIpc) is 3.46. The number of ether oxygens (including phenoxy) is 1. The smallest absolute Gasteiger partial charge is 0.409 e. The lowest BCUT2D eigenvalue weighted by atomic mass is 10.1. The van der Waals surface area contributed by atoms with E-state index >= 15 is 0 Å². The molecule has 2 bridgehead atoms. The van der Waals surface area contributed by atoms with Crippen LogP contribution in [0.5, 0.6) is 0 Å². The number of nitrogens with zero attached hydrogens (tertiary/aromatic N) is 6. The van der Waals surface area contributed by atoms with Gasteiger partial charge in [0.1, 0.15) is 5.82 Å². The number of aromatic nitrogens is 4. The number of likely N-dealkylation sites (tertiary alicyclic amines) is 1. The van der Waals surface area contributed by atoms with Gasteiger partial charge in [-0.15, -0.1) is 0 Å². The van der Waals surface area contributed by atoms with Crippen molar-refractivity contribution >= 4 is 51.2 Å². The number of morpholine rings is 1. The lowest BCUT2D eigenvalue weighted by Gasteiger charge is -2.37. The van der Waals surface area contributed by atoms with Crippen LogP contribution in [0.1, 0.15) is 31.7 Å². The van der Waals surface area contributed by atoms with Gasteiger partial charge in [0, 0.05) is 30.9 Å².